The van der Waals surface area contributed by atoms with E-state index in [1.165, 1.54) is 141 Å². The van der Waals surface area contributed by atoms with Crippen molar-refractivity contribution in [3.05, 3.63) is 60.8 Å². The van der Waals surface area contributed by atoms with Crippen LogP contribution in [-0.4, -0.2) is 46.9 Å². The molecule has 0 aromatic rings. The number of carbonyl (C=O) groups is 2. The summed E-state index contributed by atoms with van der Waals surface area (Å²) in [5, 5.41) is 23.8. The molecule has 6 nitrogen and oxygen atoms in total. The van der Waals surface area contributed by atoms with Crippen LogP contribution in [0.25, 0.3) is 0 Å². The van der Waals surface area contributed by atoms with Crippen LogP contribution < -0.4 is 5.32 Å². The lowest BCUT2D eigenvalue weighted by Gasteiger charge is -2.24. The maximum Gasteiger partial charge on any atom is 0.306 e. The second-order valence-electron chi connectivity index (χ2n) is 18.4. The van der Waals surface area contributed by atoms with Crippen LogP contribution in [0, 0.1) is 0 Å². The van der Waals surface area contributed by atoms with E-state index in [1.54, 1.807) is 0 Å². The topological polar surface area (TPSA) is 95.9 Å². The van der Waals surface area contributed by atoms with Gasteiger partial charge in [0.1, 0.15) is 6.10 Å². The minimum Gasteiger partial charge on any atom is -0.462 e. The van der Waals surface area contributed by atoms with Gasteiger partial charge in [-0.05, 0) is 44.9 Å². The van der Waals surface area contributed by atoms with Gasteiger partial charge < -0.3 is 20.3 Å². The highest BCUT2D eigenvalue weighted by atomic mass is 16.5. The molecule has 3 atom stereocenters. The molecule has 0 fully saturated rings. The van der Waals surface area contributed by atoms with Crippen LogP contribution in [0.15, 0.2) is 60.8 Å². The number of aliphatic hydroxyl groups excluding tert-OH is 2. The van der Waals surface area contributed by atoms with Crippen molar-refractivity contribution in [1.82, 2.24) is 5.32 Å². The van der Waals surface area contributed by atoms with Gasteiger partial charge in [0, 0.05) is 6.42 Å². The molecular weight excluding hydrogens is 779 g/mol. The molecule has 0 aliphatic heterocycles. The Hall–Kier alpha value is -2.44. The van der Waals surface area contributed by atoms with Gasteiger partial charge in [0.15, 0.2) is 0 Å². The first-order valence-corrected chi connectivity index (χ1v) is 27.1. The summed E-state index contributed by atoms with van der Waals surface area (Å²) in [6.45, 7) is 6.40. The number of ether oxygens (including phenoxy) is 1. The molecule has 366 valence electrons. The van der Waals surface area contributed by atoms with Gasteiger partial charge in [-0.2, -0.15) is 0 Å². The number of allylic oxidation sites excluding steroid dienone is 10. The standard InChI is InChI=1S/C57H103NO5/c1-4-7-10-13-16-19-22-24-26-27-28-30-32-35-38-41-44-47-50-57(62)63-53(48-45-42-39-36-34-31-29-25-23-20-17-14-11-8-5-2)51-56(61)58-54(52-59)55(60)49-46-43-40-37-33-21-18-15-12-9-6-3/h10,13,16,19,22,24,26-28,30,53-55,59-60H,4-9,11-12,14-15,17-18,20-21,23,25,29,31-52H2,1-3H3,(H,58,61)/b13-10+,19-16+,24-22+,27-26+,30-28+. The molecule has 3 N–H and O–H groups in total. The van der Waals surface area contributed by atoms with Crippen LogP contribution >= 0.6 is 0 Å². The fourth-order valence-electron chi connectivity index (χ4n) is 8.11. The first-order chi connectivity index (χ1) is 31.0. The summed E-state index contributed by atoms with van der Waals surface area (Å²) in [4.78, 5) is 26.2. The number of amides is 1. The molecule has 0 aliphatic carbocycles. The quantitative estimate of drug-likeness (QED) is 0.0321. The van der Waals surface area contributed by atoms with Gasteiger partial charge in [-0.3, -0.25) is 9.59 Å². The molecule has 1 amide bonds. The van der Waals surface area contributed by atoms with E-state index in [4.69, 9.17) is 4.74 Å². The summed E-state index contributed by atoms with van der Waals surface area (Å²) in [5.74, 6) is -0.494. The summed E-state index contributed by atoms with van der Waals surface area (Å²) in [6, 6.07) is -0.706. The molecule has 0 aliphatic rings. The normalized spacial score (nSPS) is 13.7. The van der Waals surface area contributed by atoms with E-state index in [0.29, 0.717) is 19.3 Å². The first kappa shape index (κ1) is 60.6. The smallest absolute Gasteiger partial charge is 0.306 e. The molecule has 0 radical (unpaired) electrons. The van der Waals surface area contributed by atoms with Gasteiger partial charge in [-0.1, -0.05) is 268 Å². The molecule has 0 spiro atoms. The second kappa shape index (κ2) is 50.6. The van der Waals surface area contributed by atoms with Crippen LogP contribution in [0.4, 0.5) is 0 Å². The van der Waals surface area contributed by atoms with Crippen molar-refractivity contribution < 1.29 is 24.5 Å². The Morgan fingerprint density at radius 3 is 1.29 bits per heavy atom. The molecule has 6 heteroatoms. The number of nitrogens with one attached hydrogen (secondary N) is 1. The van der Waals surface area contributed by atoms with E-state index >= 15 is 0 Å². The maximum atomic E-state index is 13.2. The van der Waals surface area contributed by atoms with E-state index in [9.17, 15) is 19.8 Å². The Labute approximate surface area is 390 Å². The number of hydrogen-bond acceptors (Lipinski definition) is 5. The van der Waals surface area contributed by atoms with Crippen molar-refractivity contribution in [2.75, 3.05) is 6.61 Å². The Bertz CT molecular complexity index is 1130. The van der Waals surface area contributed by atoms with Crippen LogP contribution in [0.5, 0.6) is 0 Å². The fourth-order valence-corrected chi connectivity index (χ4v) is 8.11. The van der Waals surface area contributed by atoms with E-state index in [0.717, 1.165) is 77.0 Å². The SMILES string of the molecule is CCC/C=C/C=C/C=C/C=C/C=C/CCCCCCCC(=O)OC(CCCCCCCCCCCCCCCCC)CC(=O)NC(CO)C(O)CCCCCCCCCCCCC. The van der Waals surface area contributed by atoms with E-state index in [-0.39, 0.29) is 24.9 Å². The molecule has 0 bridgehead atoms. The Balaban J connectivity index is 4.62. The lowest BCUT2D eigenvalue weighted by atomic mass is 10.0. The van der Waals surface area contributed by atoms with Crippen LogP contribution in [-0.2, 0) is 14.3 Å². The Morgan fingerprint density at radius 2 is 0.841 bits per heavy atom. The molecular formula is C57H103NO5. The highest BCUT2D eigenvalue weighted by Gasteiger charge is 2.24. The number of rotatable bonds is 48. The number of esters is 1. The molecule has 0 aromatic heterocycles. The van der Waals surface area contributed by atoms with Crippen LogP contribution in [0.1, 0.15) is 265 Å². The molecule has 0 heterocycles. The largest absolute Gasteiger partial charge is 0.462 e. The van der Waals surface area contributed by atoms with Crippen LogP contribution in [0.2, 0.25) is 0 Å². The van der Waals surface area contributed by atoms with E-state index < -0.39 is 18.2 Å². The Kier molecular flexibility index (Phi) is 48.6. The monoisotopic (exact) mass is 882 g/mol. The van der Waals surface area contributed by atoms with Gasteiger partial charge in [0.2, 0.25) is 5.91 Å². The predicted octanol–water partition coefficient (Wildman–Crippen LogP) is 16.4. The van der Waals surface area contributed by atoms with E-state index in [2.05, 4.69) is 62.5 Å². The molecule has 63 heavy (non-hydrogen) atoms. The highest BCUT2D eigenvalue weighted by molar-refractivity contribution is 5.77. The zero-order chi connectivity index (χ0) is 45.9. The molecule has 3 unspecified atom stereocenters. The van der Waals surface area contributed by atoms with Gasteiger partial charge in [-0.15, -0.1) is 0 Å². The van der Waals surface area contributed by atoms with E-state index in [1.807, 2.05) is 24.3 Å². The van der Waals surface area contributed by atoms with Crippen LogP contribution in [0.3, 0.4) is 0 Å². The fraction of sp³-hybridized carbons (Fsp3) is 0.789. The van der Waals surface area contributed by atoms with Crippen molar-refractivity contribution in [2.45, 2.75) is 283 Å². The van der Waals surface area contributed by atoms with Crippen molar-refractivity contribution in [3.63, 3.8) is 0 Å². The number of unbranched alkanes of at least 4 members (excludes halogenated alkanes) is 30. The second-order valence-corrected chi connectivity index (χ2v) is 18.4. The van der Waals surface area contributed by atoms with Crippen molar-refractivity contribution in [1.29, 1.82) is 0 Å². The number of hydrogen-bond donors (Lipinski definition) is 3. The summed E-state index contributed by atoms with van der Waals surface area (Å²) in [5.41, 5.74) is 0. The first-order valence-electron chi connectivity index (χ1n) is 27.1. The number of carbonyl (C=O) groups excluding carboxylic acids is 2. The number of aliphatic hydroxyl groups is 2. The summed E-state index contributed by atoms with van der Waals surface area (Å²) >= 11 is 0. The molecule has 0 saturated heterocycles. The third-order valence-electron chi connectivity index (χ3n) is 12.2. The zero-order valence-electron chi connectivity index (χ0n) is 41.7. The molecule has 0 saturated carbocycles. The average Bonchev–Trinajstić information content (AvgIpc) is 3.28. The molecule has 0 aromatic carbocycles. The average molecular weight is 882 g/mol. The van der Waals surface area contributed by atoms with Crippen molar-refractivity contribution in [3.8, 4) is 0 Å². The van der Waals surface area contributed by atoms with Gasteiger partial charge in [0.05, 0.1) is 25.2 Å². The minimum absolute atomic E-state index is 0.0682. The van der Waals surface area contributed by atoms with Gasteiger partial charge in [-0.25, -0.2) is 0 Å². The Morgan fingerprint density at radius 1 is 0.460 bits per heavy atom. The summed E-state index contributed by atoms with van der Waals surface area (Å²) in [7, 11) is 0. The molecule has 0 rings (SSSR count). The lowest BCUT2D eigenvalue weighted by Crippen LogP contribution is -2.46. The predicted molar refractivity (Wildman–Crippen MR) is 273 cm³/mol. The van der Waals surface area contributed by atoms with Crippen molar-refractivity contribution in [2.24, 2.45) is 0 Å². The third-order valence-corrected chi connectivity index (χ3v) is 12.2. The third kappa shape index (κ3) is 45.9. The minimum atomic E-state index is -0.792. The maximum absolute atomic E-state index is 13.2. The zero-order valence-corrected chi connectivity index (χ0v) is 41.7. The van der Waals surface area contributed by atoms with Crippen molar-refractivity contribution >= 4 is 11.9 Å². The lowest BCUT2D eigenvalue weighted by molar-refractivity contribution is -0.151. The highest BCUT2D eigenvalue weighted by Crippen LogP contribution is 2.18. The van der Waals surface area contributed by atoms with Gasteiger partial charge in [0.25, 0.3) is 0 Å². The summed E-state index contributed by atoms with van der Waals surface area (Å²) in [6.07, 6.45) is 62.7. The summed E-state index contributed by atoms with van der Waals surface area (Å²) < 4.78 is 5.94. The van der Waals surface area contributed by atoms with Gasteiger partial charge >= 0.3 is 5.97 Å².